The number of allylic oxidation sites excluding steroid dienone is 1. The number of carbonyl (C=O) groups excluding carboxylic acids is 5. The van der Waals surface area contributed by atoms with E-state index < -0.39 is 47.2 Å². The highest BCUT2D eigenvalue weighted by Crippen LogP contribution is 2.41. The van der Waals surface area contributed by atoms with E-state index in [1.165, 1.54) is 15.5 Å². The molecule has 0 radical (unpaired) electrons. The maximum absolute atomic E-state index is 14.8. The molecule has 73 heavy (non-hydrogen) atoms. The van der Waals surface area contributed by atoms with Gasteiger partial charge in [0.1, 0.15) is 23.9 Å². The minimum atomic E-state index is -1.16. The van der Waals surface area contributed by atoms with Gasteiger partial charge in [-0.15, -0.1) is 0 Å². The Bertz CT molecular complexity index is 2790. The van der Waals surface area contributed by atoms with Crippen LogP contribution < -0.4 is 10.7 Å². The van der Waals surface area contributed by atoms with Crippen LogP contribution in [0.5, 0.6) is 5.75 Å². The molecule has 1 aromatic heterocycles. The molecule has 3 atom stereocenters. The first-order chi connectivity index (χ1) is 33.4. The normalized spacial score (nSPS) is 17.2. The number of fused-ring (bicyclic) bond motifs is 6. The zero-order chi connectivity index (χ0) is 50.4. The van der Waals surface area contributed by atoms with Crippen molar-refractivity contribution < 1.29 is 33.8 Å². The van der Waals surface area contributed by atoms with Gasteiger partial charge < -0.3 is 29.5 Å². The second-order valence-corrected chi connectivity index (χ2v) is 20.3. The highest BCUT2D eigenvalue weighted by atomic mass is 32.1. The first kappa shape index (κ1) is 60.0. The number of aryl methyl sites for hydroxylation is 2. The van der Waals surface area contributed by atoms with E-state index in [-0.39, 0.29) is 83.9 Å². The van der Waals surface area contributed by atoms with Crippen molar-refractivity contribution >= 4 is 80.9 Å². The maximum Gasteiger partial charge on any atom is 0.324 e. The monoisotopic (exact) mass is 1050 g/mol. The Hall–Kier alpha value is -5.52. The van der Waals surface area contributed by atoms with Crippen LogP contribution in [0.2, 0.25) is 0 Å². The van der Waals surface area contributed by atoms with Gasteiger partial charge in [-0.2, -0.15) is 40.5 Å². The van der Waals surface area contributed by atoms with Gasteiger partial charge in [-0.3, -0.25) is 29.0 Å². The van der Waals surface area contributed by atoms with Crippen LogP contribution in [0.1, 0.15) is 87.0 Å². The molecule has 1 saturated heterocycles. The SMILES string of the molecule is CCc1ccccc1-c1c2c3cc(ccc3n1CC)-c1cc(O)cc(c1)C[C@H](NC(=O)[C@H](C(C)C)N(C)C(=O)c1ccc(CC(=O)/C=C/CN(C)C)cc1)C(=O)N1CCC[C@H](N1)C(=O)OCC(C)(C)C2.S.S.S. The van der Waals surface area contributed by atoms with E-state index in [0.717, 1.165) is 57.4 Å². The predicted octanol–water partition coefficient (Wildman–Crippen LogP) is 8.28. The fourth-order valence-electron chi connectivity index (χ4n) is 10.0. The number of ketones is 1. The highest BCUT2D eigenvalue weighted by Gasteiger charge is 2.38. The zero-order valence-corrected chi connectivity index (χ0v) is 46.8. The quantitative estimate of drug-likeness (QED) is 0.0782. The van der Waals surface area contributed by atoms with Gasteiger partial charge in [0, 0.05) is 67.0 Å². The topological polar surface area (TPSA) is 154 Å². The summed E-state index contributed by atoms with van der Waals surface area (Å²) in [5.41, 5.74) is 11.7. The smallest absolute Gasteiger partial charge is 0.324 e. The van der Waals surface area contributed by atoms with E-state index in [2.05, 4.69) is 85.5 Å². The molecule has 13 nitrogen and oxygen atoms in total. The van der Waals surface area contributed by atoms with Crippen molar-refractivity contribution in [2.75, 3.05) is 40.8 Å². The fraction of sp³-hybridized carbons (Fsp3) is 0.421. The molecule has 4 aromatic carbocycles. The van der Waals surface area contributed by atoms with Crippen molar-refractivity contribution in [1.82, 2.24) is 30.1 Å². The van der Waals surface area contributed by atoms with Crippen LogP contribution in [0.25, 0.3) is 33.3 Å². The van der Waals surface area contributed by atoms with E-state index in [1.807, 2.05) is 45.0 Å². The molecule has 1 fully saturated rings. The van der Waals surface area contributed by atoms with Crippen LogP contribution >= 0.6 is 40.5 Å². The molecule has 0 unspecified atom stereocenters. The number of phenolic OH excluding ortho intramolecular Hbond substituents is 1. The Balaban J connectivity index is 0.00000385. The molecule has 2 aliphatic rings. The molecule has 0 saturated carbocycles. The highest BCUT2D eigenvalue weighted by molar-refractivity contribution is 7.59. The van der Waals surface area contributed by atoms with Crippen molar-refractivity contribution in [3.05, 3.63) is 125 Å². The number of cyclic esters (lactones) is 1. The van der Waals surface area contributed by atoms with Gasteiger partial charge in [-0.1, -0.05) is 89.2 Å². The molecule has 0 spiro atoms. The number of ether oxygens (including phenoxy) is 1. The van der Waals surface area contributed by atoms with Gasteiger partial charge in [0.05, 0.1) is 12.3 Å². The number of rotatable bonds is 13. The first-order valence-electron chi connectivity index (χ1n) is 24.7. The Kier molecular flexibility index (Phi) is 21.5. The molecule has 7 rings (SSSR count). The van der Waals surface area contributed by atoms with Gasteiger partial charge in [0.15, 0.2) is 5.78 Å². The van der Waals surface area contributed by atoms with E-state index in [1.54, 1.807) is 49.5 Å². The number of aromatic hydroxyl groups is 1. The number of carbonyl (C=O) groups is 5. The summed E-state index contributed by atoms with van der Waals surface area (Å²) in [7, 11) is 5.42. The van der Waals surface area contributed by atoms with Crippen molar-refractivity contribution in [2.45, 2.75) is 105 Å². The Morgan fingerprint density at radius 3 is 2.32 bits per heavy atom. The summed E-state index contributed by atoms with van der Waals surface area (Å²) in [4.78, 5) is 73.3. The molecular formula is C57H76N6O7S3. The van der Waals surface area contributed by atoms with Crippen molar-refractivity contribution in [2.24, 2.45) is 11.3 Å². The number of phenols is 1. The van der Waals surface area contributed by atoms with Crippen LogP contribution in [0.4, 0.5) is 0 Å². The van der Waals surface area contributed by atoms with Gasteiger partial charge in [-0.05, 0) is 128 Å². The number of aromatic nitrogens is 1. The van der Waals surface area contributed by atoms with Crippen molar-refractivity contribution in [3.63, 3.8) is 0 Å². The summed E-state index contributed by atoms with van der Waals surface area (Å²) in [6.45, 7) is 14.0. The maximum atomic E-state index is 14.8. The third-order valence-corrected chi connectivity index (χ3v) is 13.5. The van der Waals surface area contributed by atoms with E-state index in [0.29, 0.717) is 36.9 Å². The summed E-state index contributed by atoms with van der Waals surface area (Å²) in [5, 5.41) is 16.8. The minimum absolute atomic E-state index is 0. The molecule has 3 heterocycles. The Morgan fingerprint density at radius 2 is 1.64 bits per heavy atom. The van der Waals surface area contributed by atoms with Gasteiger partial charge in [-0.25, -0.2) is 5.43 Å². The molecule has 5 aromatic rings. The standard InChI is InChI=1S/C57H70N6O7.3H2S/c1-10-39-16-12-13-18-45(39)52-47-34-57(5,6)35-70-56(69)48-19-15-27-63(59-48)55(68)49(31-38-28-42(32-44(65)30-38)41-24-25-50(46(47)33-41)62(52)11-2)58-53(66)51(36(3)4)61(9)54(67)40-22-20-37(21-23-40)29-43(64)17-14-26-60(7)8;;;/h12-14,16-18,20-25,28,30,32-33,36,48-49,51,59,65H,10-11,15,19,26-27,29,31,34-35H2,1-9H3,(H,58,66);3*1H2/b17-14+;;;/t48-,49-,51-;;;/m0.../s1. The van der Waals surface area contributed by atoms with Crippen molar-refractivity contribution in [3.8, 4) is 28.1 Å². The molecule has 16 heteroatoms. The molecule has 3 amide bonds. The van der Waals surface area contributed by atoms with Gasteiger partial charge >= 0.3 is 5.97 Å². The lowest BCUT2D eigenvalue weighted by molar-refractivity contribution is -0.155. The molecule has 2 aliphatic heterocycles. The number of nitrogens with zero attached hydrogens (tertiary/aromatic N) is 4. The molecule has 394 valence electrons. The van der Waals surface area contributed by atoms with Gasteiger partial charge in [0.25, 0.3) is 11.8 Å². The number of hydrogen-bond donors (Lipinski definition) is 3. The largest absolute Gasteiger partial charge is 0.508 e. The van der Waals surface area contributed by atoms with Crippen LogP contribution in [-0.4, -0.2) is 113 Å². The zero-order valence-electron chi connectivity index (χ0n) is 43.8. The number of benzene rings is 4. The van der Waals surface area contributed by atoms with Crippen LogP contribution in [0.3, 0.4) is 0 Å². The molecule has 0 aliphatic carbocycles. The summed E-state index contributed by atoms with van der Waals surface area (Å²) in [6.07, 6.45) is 6.00. The molecule has 6 bridgehead atoms. The fourth-order valence-corrected chi connectivity index (χ4v) is 10.0. The lowest BCUT2D eigenvalue weighted by Crippen LogP contribution is -2.62. The summed E-state index contributed by atoms with van der Waals surface area (Å²) in [6, 6.07) is 24.0. The number of likely N-dealkylation sites (N-methyl/N-ethyl adjacent to an activating group) is 2. The average Bonchev–Trinajstić information content (AvgIpc) is 3.63. The van der Waals surface area contributed by atoms with Gasteiger partial charge in [0.2, 0.25) is 5.91 Å². The molecular weight excluding hydrogens is 977 g/mol. The third kappa shape index (κ3) is 14.2. The van der Waals surface area contributed by atoms with Crippen LogP contribution in [0, 0.1) is 11.3 Å². The van der Waals surface area contributed by atoms with Crippen molar-refractivity contribution in [1.29, 1.82) is 0 Å². The van der Waals surface area contributed by atoms with Crippen LogP contribution in [0.15, 0.2) is 97.1 Å². The summed E-state index contributed by atoms with van der Waals surface area (Å²) < 4.78 is 8.49. The lowest BCUT2D eigenvalue weighted by atomic mass is 9.83. The summed E-state index contributed by atoms with van der Waals surface area (Å²) >= 11 is 0. The summed E-state index contributed by atoms with van der Waals surface area (Å²) in [5.74, 6) is -2.28. The second kappa shape index (κ2) is 26.1. The van der Waals surface area contributed by atoms with Crippen LogP contribution in [-0.2, 0) is 56.1 Å². The molecule has 3 N–H and O–H groups in total. The number of hydrazine groups is 1. The number of nitrogens with one attached hydrogen (secondary N) is 2. The number of amides is 3. The Morgan fingerprint density at radius 1 is 0.932 bits per heavy atom. The van der Waals surface area contributed by atoms with E-state index in [4.69, 9.17) is 4.74 Å². The predicted molar refractivity (Wildman–Crippen MR) is 306 cm³/mol. The number of hydrogen-bond acceptors (Lipinski definition) is 9. The van der Waals surface area contributed by atoms with E-state index >= 15 is 0 Å². The average molecular weight is 1050 g/mol. The lowest BCUT2D eigenvalue weighted by Gasteiger charge is -2.36. The Labute approximate surface area is 452 Å². The number of esters is 1. The van der Waals surface area contributed by atoms with E-state index in [9.17, 15) is 29.1 Å². The first-order valence-corrected chi connectivity index (χ1v) is 24.7. The third-order valence-electron chi connectivity index (χ3n) is 13.5. The second-order valence-electron chi connectivity index (χ2n) is 20.3. The minimum Gasteiger partial charge on any atom is -0.508 e.